The maximum absolute atomic E-state index is 9.20. The van der Waals surface area contributed by atoms with Crippen LogP contribution in [-0.4, -0.2) is 38.0 Å². The minimum absolute atomic E-state index is 0.0153. The number of rotatable bonds is 3. The summed E-state index contributed by atoms with van der Waals surface area (Å²) in [6.07, 6.45) is 0. The molecule has 1 aliphatic heterocycles. The summed E-state index contributed by atoms with van der Waals surface area (Å²) in [7, 11) is 0. The van der Waals surface area contributed by atoms with E-state index in [1.807, 2.05) is 0 Å². The molecule has 0 aromatic heterocycles. The summed E-state index contributed by atoms with van der Waals surface area (Å²) in [5.74, 6) is 0. The van der Waals surface area contributed by atoms with Gasteiger partial charge in [0.05, 0.1) is 25.9 Å². The van der Waals surface area contributed by atoms with E-state index in [4.69, 9.17) is 10.5 Å². The molecule has 0 saturated carbocycles. The molecule has 1 atom stereocenters. The molecule has 4 heteroatoms. The summed E-state index contributed by atoms with van der Waals surface area (Å²) in [4.78, 5) is 2.33. The van der Waals surface area contributed by atoms with Gasteiger partial charge in [0, 0.05) is 18.8 Å². The minimum atomic E-state index is -0.288. The molecule has 1 aliphatic rings. The molecule has 0 unspecified atom stereocenters. The molecule has 0 bridgehead atoms. The van der Waals surface area contributed by atoms with Gasteiger partial charge in [0.25, 0.3) is 0 Å². The molecule has 1 saturated heterocycles. The van der Waals surface area contributed by atoms with E-state index in [2.05, 4.69) is 30.9 Å². The van der Waals surface area contributed by atoms with E-state index >= 15 is 0 Å². The fraction of sp³-hybridized carbons (Fsp3) is 0.571. The third-order valence-corrected chi connectivity index (χ3v) is 3.52. The van der Waals surface area contributed by atoms with Crippen LogP contribution in [0, 0.1) is 13.8 Å². The van der Waals surface area contributed by atoms with Crippen LogP contribution >= 0.6 is 0 Å². The number of nitrogens with zero attached hydrogens (tertiary/aromatic N) is 1. The van der Waals surface area contributed by atoms with Crippen molar-refractivity contribution in [3.8, 4) is 0 Å². The first-order chi connectivity index (χ1) is 8.63. The molecule has 2 rings (SSSR count). The van der Waals surface area contributed by atoms with Crippen molar-refractivity contribution in [2.45, 2.75) is 19.9 Å². The highest BCUT2D eigenvalue weighted by molar-refractivity contribution is 5.55. The second-order valence-electron chi connectivity index (χ2n) is 4.88. The van der Waals surface area contributed by atoms with E-state index in [1.165, 1.54) is 5.69 Å². The molecule has 1 fully saturated rings. The average Bonchev–Trinajstić information content (AvgIpc) is 2.38. The van der Waals surface area contributed by atoms with Gasteiger partial charge in [-0.05, 0) is 42.7 Å². The van der Waals surface area contributed by atoms with Gasteiger partial charge in [-0.15, -0.1) is 0 Å². The van der Waals surface area contributed by atoms with Crippen molar-refractivity contribution in [2.75, 3.05) is 37.8 Å². The van der Waals surface area contributed by atoms with Crippen LogP contribution in [0.15, 0.2) is 12.1 Å². The lowest BCUT2D eigenvalue weighted by molar-refractivity contribution is 0.122. The number of anilines is 1. The zero-order chi connectivity index (χ0) is 13.1. The molecular weight excluding hydrogens is 228 g/mol. The Hall–Kier alpha value is -1.10. The first-order valence-electron chi connectivity index (χ1n) is 6.43. The topological polar surface area (TPSA) is 58.7 Å². The molecule has 4 nitrogen and oxygen atoms in total. The van der Waals surface area contributed by atoms with Gasteiger partial charge < -0.3 is 20.5 Å². The van der Waals surface area contributed by atoms with Crippen molar-refractivity contribution in [3.63, 3.8) is 0 Å². The van der Waals surface area contributed by atoms with Crippen molar-refractivity contribution in [1.29, 1.82) is 0 Å². The summed E-state index contributed by atoms with van der Waals surface area (Å²) >= 11 is 0. The Morgan fingerprint density at radius 3 is 2.33 bits per heavy atom. The SMILES string of the molecule is Cc1cc(N2CCOCC2)cc(C)c1[C@H](N)CO. The molecule has 100 valence electrons. The molecular formula is C14H22N2O2. The highest BCUT2D eigenvalue weighted by Gasteiger charge is 2.16. The van der Waals surface area contributed by atoms with Crippen molar-refractivity contribution < 1.29 is 9.84 Å². The van der Waals surface area contributed by atoms with Crippen LogP contribution in [0.5, 0.6) is 0 Å². The fourth-order valence-corrected chi connectivity index (χ4v) is 2.63. The molecule has 0 aliphatic carbocycles. The molecule has 1 aromatic carbocycles. The number of hydrogen-bond acceptors (Lipinski definition) is 4. The molecule has 0 radical (unpaired) electrons. The molecule has 18 heavy (non-hydrogen) atoms. The number of nitrogens with two attached hydrogens (primary N) is 1. The third-order valence-electron chi connectivity index (χ3n) is 3.52. The lowest BCUT2D eigenvalue weighted by Crippen LogP contribution is -2.36. The van der Waals surface area contributed by atoms with E-state index in [0.717, 1.165) is 43.0 Å². The maximum atomic E-state index is 9.20. The number of aryl methyl sites for hydroxylation is 2. The zero-order valence-corrected chi connectivity index (χ0v) is 11.1. The molecule has 1 heterocycles. The lowest BCUT2D eigenvalue weighted by atomic mass is 9.96. The van der Waals surface area contributed by atoms with E-state index in [-0.39, 0.29) is 12.6 Å². The first-order valence-corrected chi connectivity index (χ1v) is 6.43. The van der Waals surface area contributed by atoms with Gasteiger partial charge in [0.2, 0.25) is 0 Å². The Balaban J connectivity index is 2.29. The number of ether oxygens (including phenoxy) is 1. The number of aliphatic hydroxyl groups is 1. The van der Waals surface area contributed by atoms with Gasteiger partial charge in [-0.25, -0.2) is 0 Å². The maximum Gasteiger partial charge on any atom is 0.0642 e. The Kier molecular flexibility index (Phi) is 4.22. The summed E-state index contributed by atoms with van der Waals surface area (Å²) in [5.41, 5.74) is 10.5. The van der Waals surface area contributed by atoms with Crippen LogP contribution in [0.2, 0.25) is 0 Å². The number of aliphatic hydroxyl groups excluding tert-OH is 1. The Bertz CT molecular complexity index is 391. The Morgan fingerprint density at radius 1 is 1.28 bits per heavy atom. The summed E-state index contributed by atoms with van der Waals surface area (Å²) < 4.78 is 5.37. The number of hydrogen-bond donors (Lipinski definition) is 2. The minimum Gasteiger partial charge on any atom is -0.394 e. The van der Waals surface area contributed by atoms with Crippen molar-refractivity contribution in [1.82, 2.24) is 0 Å². The van der Waals surface area contributed by atoms with Crippen LogP contribution in [-0.2, 0) is 4.74 Å². The number of benzene rings is 1. The quantitative estimate of drug-likeness (QED) is 0.844. The van der Waals surface area contributed by atoms with E-state index in [9.17, 15) is 5.11 Å². The van der Waals surface area contributed by atoms with Crippen LogP contribution in [0.1, 0.15) is 22.7 Å². The second kappa shape index (κ2) is 5.69. The van der Waals surface area contributed by atoms with Crippen LogP contribution in [0.3, 0.4) is 0 Å². The molecule has 1 aromatic rings. The van der Waals surface area contributed by atoms with E-state index in [0.29, 0.717) is 0 Å². The largest absolute Gasteiger partial charge is 0.394 e. The monoisotopic (exact) mass is 250 g/mol. The van der Waals surface area contributed by atoms with Gasteiger partial charge in [-0.3, -0.25) is 0 Å². The molecule has 0 amide bonds. The average molecular weight is 250 g/mol. The van der Waals surface area contributed by atoms with Gasteiger partial charge in [-0.2, -0.15) is 0 Å². The normalized spacial score (nSPS) is 17.9. The van der Waals surface area contributed by atoms with E-state index in [1.54, 1.807) is 0 Å². The van der Waals surface area contributed by atoms with Crippen molar-refractivity contribution >= 4 is 5.69 Å². The third kappa shape index (κ3) is 2.66. The highest BCUT2D eigenvalue weighted by atomic mass is 16.5. The lowest BCUT2D eigenvalue weighted by Gasteiger charge is -2.30. The van der Waals surface area contributed by atoms with Crippen molar-refractivity contribution in [3.05, 3.63) is 28.8 Å². The first kappa shape index (κ1) is 13.3. The smallest absolute Gasteiger partial charge is 0.0642 e. The summed E-state index contributed by atoms with van der Waals surface area (Å²) in [6, 6.07) is 4.02. The van der Waals surface area contributed by atoms with Gasteiger partial charge in [0.15, 0.2) is 0 Å². The van der Waals surface area contributed by atoms with Crippen LogP contribution < -0.4 is 10.6 Å². The highest BCUT2D eigenvalue weighted by Crippen LogP contribution is 2.27. The van der Waals surface area contributed by atoms with Crippen LogP contribution in [0.25, 0.3) is 0 Å². The predicted octanol–water partition coefficient (Wildman–Crippen LogP) is 1.13. The standard InChI is InChI=1S/C14H22N2O2/c1-10-7-12(16-3-5-18-6-4-16)8-11(2)14(10)13(15)9-17/h7-8,13,17H,3-6,9,15H2,1-2H3/t13-/m1/s1. The Labute approximate surface area is 108 Å². The van der Waals surface area contributed by atoms with Crippen LogP contribution in [0.4, 0.5) is 5.69 Å². The van der Waals surface area contributed by atoms with Crippen molar-refractivity contribution in [2.24, 2.45) is 5.73 Å². The van der Waals surface area contributed by atoms with E-state index < -0.39 is 0 Å². The molecule has 3 N–H and O–H groups in total. The van der Waals surface area contributed by atoms with Gasteiger partial charge in [0.1, 0.15) is 0 Å². The fourth-order valence-electron chi connectivity index (χ4n) is 2.63. The van der Waals surface area contributed by atoms with Gasteiger partial charge >= 0.3 is 0 Å². The summed E-state index contributed by atoms with van der Waals surface area (Å²) in [6.45, 7) is 7.54. The summed E-state index contributed by atoms with van der Waals surface area (Å²) in [5, 5.41) is 9.20. The predicted molar refractivity (Wildman–Crippen MR) is 73.0 cm³/mol. The molecule has 0 spiro atoms. The zero-order valence-electron chi connectivity index (χ0n) is 11.1. The number of morpholine rings is 1. The Morgan fingerprint density at radius 2 is 1.83 bits per heavy atom. The second-order valence-corrected chi connectivity index (χ2v) is 4.88. The van der Waals surface area contributed by atoms with Gasteiger partial charge in [-0.1, -0.05) is 0 Å².